The molecule has 5 heteroatoms. The lowest BCUT2D eigenvalue weighted by atomic mass is 9.95. The minimum Gasteiger partial charge on any atom is -0.357 e. The van der Waals surface area contributed by atoms with Crippen LogP contribution in [0.3, 0.4) is 0 Å². The summed E-state index contributed by atoms with van der Waals surface area (Å²) in [6.07, 6.45) is 3.67. The fraction of sp³-hybridized carbons (Fsp3) is 0.833. The number of nitrogens with one attached hydrogen (secondary N) is 1. The highest BCUT2D eigenvalue weighted by Crippen LogP contribution is 2.39. The summed E-state index contributed by atoms with van der Waals surface area (Å²) in [5.74, 6) is 0.148. The number of nitrogens with zero attached hydrogens (tertiary/aromatic N) is 1. The van der Waals surface area contributed by atoms with Crippen molar-refractivity contribution >= 4 is 11.8 Å². The van der Waals surface area contributed by atoms with Gasteiger partial charge in [0.1, 0.15) is 6.04 Å². The lowest BCUT2D eigenvalue weighted by Gasteiger charge is -2.32. The molecule has 2 amide bonds. The first kappa shape index (κ1) is 12.4. The Morgan fingerprint density at radius 1 is 1.35 bits per heavy atom. The molecular weight excluding hydrogens is 218 g/mol. The zero-order valence-electron chi connectivity index (χ0n) is 10.5. The molecule has 2 atom stereocenters. The highest BCUT2D eigenvalue weighted by atomic mass is 16.2. The zero-order valence-corrected chi connectivity index (χ0v) is 10.5. The molecule has 1 aliphatic heterocycles. The third-order valence-corrected chi connectivity index (χ3v) is 3.95. The van der Waals surface area contributed by atoms with Gasteiger partial charge in [0.2, 0.25) is 11.8 Å². The third kappa shape index (κ3) is 2.16. The molecule has 0 aromatic heterocycles. The number of likely N-dealkylation sites (tertiary alicyclic amines) is 1. The van der Waals surface area contributed by atoms with Crippen molar-refractivity contribution in [3.05, 3.63) is 0 Å². The molecule has 0 spiro atoms. The van der Waals surface area contributed by atoms with Crippen LogP contribution in [0.5, 0.6) is 0 Å². The molecular formula is C12H21N3O2. The van der Waals surface area contributed by atoms with Crippen LogP contribution in [0.2, 0.25) is 0 Å². The number of rotatable bonds is 3. The number of likely N-dealkylation sites (N-methyl/N-ethyl adjacent to an activating group) is 1. The number of hydrogen-bond donors (Lipinski definition) is 2. The summed E-state index contributed by atoms with van der Waals surface area (Å²) in [5, 5.41) is 2.61. The van der Waals surface area contributed by atoms with E-state index in [9.17, 15) is 9.59 Å². The maximum atomic E-state index is 12.4. The van der Waals surface area contributed by atoms with E-state index in [0.717, 1.165) is 25.7 Å². The molecule has 0 aromatic rings. The van der Waals surface area contributed by atoms with Crippen molar-refractivity contribution in [1.29, 1.82) is 0 Å². The van der Waals surface area contributed by atoms with Crippen LogP contribution in [0.25, 0.3) is 0 Å². The van der Waals surface area contributed by atoms with Gasteiger partial charge in [-0.15, -0.1) is 0 Å². The van der Waals surface area contributed by atoms with Gasteiger partial charge in [0, 0.05) is 13.6 Å². The summed E-state index contributed by atoms with van der Waals surface area (Å²) in [4.78, 5) is 25.8. The van der Waals surface area contributed by atoms with Crippen molar-refractivity contribution in [3.8, 4) is 0 Å². The largest absolute Gasteiger partial charge is 0.357 e. The van der Waals surface area contributed by atoms with Gasteiger partial charge in [-0.25, -0.2) is 0 Å². The Kier molecular flexibility index (Phi) is 3.12. The highest BCUT2D eigenvalue weighted by molar-refractivity contribution is 5.92. The quantitative estimate of drug-likeness (QED) is 0.719. The first-order valence-electron chi connectivity index (χ1n) is 6.30. The third-order valence-electron chi connectivity index (χ3n) is 3.95. The maximum absolute atomic E-state index is 12.4. The Morgan fingerprint density at radius 3 is 2.53 bits per heavy atom. The number of carbonyl (C=O) groups excluding carboxylic acids is 2. The molecule has 3 N–H and O–H groups in total. The molecule has 1 heterocycles. The number of carbonyl (C=O) groups is 2. The van der Waals surface area contributed by atoms with Gasteiger partial charge in [-0.1, -0.05) is 0 Å². The molecule has 0 aromatic carbocycles. The minimum atomic E-state index is -0.795. The van der Waals surface area contributed by atoms with E-state index in [-0.39, 0.29) is 17.9 Å². The van der Waals surface area contributed by atoms with E-state index in [1.54, 1.807) is 18.9 Å². The molecule has 1 saturated carbocycles. The first-order valence-corrected chi connectivity index (χ1v) is 6.30. The van der Waals surface area contributed by atoms with Crippen molar-refractivity contribution in [2.45, 2.75) is 44.2 Å². The van der Waals surface area contributed by atoms with Gasteiger partial charge in [-0.2, -0.15) is 0 Å². The minimum absolute atomic E-state index is 0.0638. The molecule has 1 saturated heterocycles. The summed E-state index contributed by atoms with van der Waals surface area (Å²) >= 11 is 0. The van der Waals surface area contributed by atoms with Gasteiger partial charge < -0.3 is 16.0 Å². The van der Waals surface area contributed by atoms with E-state index in [2.05, 4.69) is 5.32 Å². The molecule has 96 valence electrons. The topological polar surface area (TPSA) is 75.4 Å². The van der Waals surface area contributed by atoms with Crippen molar-refractivity contribution in [1.82, 2.24) is 10.2 Å². The Labute approximate surface area is 102 Å². The summed E-state index contributed by atoms with van der Waals surface area (Å²) in [5.41, 5.74) is 5.33. The van der Waals surface area contributed by atoms with Crippen molar-refractivity contribution in [2.75, 3.05) is 13.6 Å². The van der Waals surface area contributed by atoms with Gasteiger partial charge in [0.05, 0.1) is 5.54 Å². The standard InChI is InChI=1S/C12H21N3O2/c1-12(13,8-5-6-8)11(17)15-7-3-4-9(15)10(16)14-2/h8-9H,3-7,13H2,1-2H3,(H,14,16). The monoisotopic (exact) mass is 239 g/mol. The fourth-order valence-electron chi connectivity index (χ4n) is 2.62. The molecule has 0 radical (unpaired) electrons. The van der Waals surface area contributed by atoms with Crippen molar-refractivity contribution in [3.63, 3.8) is 0 Å². The van der Waals surface area contributed by atoms with E-state index in [1.807, 2.05) is 0 Å². The molecule has 0 bridgehead atoms. The summed E-state index contributed by atoms with van der Waals surface area (Å²) < 4.78 is 0. The second-order valence-corrected chi connectivity index (χ2v) is 5.33. The fourth-order valence-corrected chi connectivity index (χ4v) is 2.62. The van der Waals surface area contributed by atoms with Gasteiger partial charge in [-0.05, 0) is 38.5 Å². The molecule has 2 aliphatic rings. The average Bonchev–Trinajstić information content (AvgIpc) is 3.06. The summed E-state index contributed by atoms with van der Waals surface area (Å²) in [7, 11) is 1.60. The van der Waals surface area contributed by atoms with E-state index in [4.69, 9.17) is 5.73 Å². The van der Waals surface area contributed by atoms with Crippen LogP contribution in [0.4, 0.5) is 0 Å². The van der Waals surface area contributed by atoms with E-state index < -0.39 is 5.54 Å². The lowest BCUT2D eigenvalue weighted by Crippen LogP contribution is -2.58. The van der Waals surface area contributed by atoms with Crippen molar-refractivity contribution < 1.29 is 9.59 Å². The van der Waals surface area contributed by atoms with Crippen LogP contribution in [0.1, 0.15) is 32.6 Å². The predicted octanol–water partition coefficient (Wildman–Crippen LogP) is -0.149. The molecule has 17 heavy (non-hydrogen) atoms. The summed E-state index contributed by atoms with van der Waals surface area (Å²) in [6, 6.07) is -0.325. The van der Waals surface area contributed by atoms with Gasteiger partial charge in [0.15, 0.2) is 0 Å². The summed E-state index contributed by atoms with van der Waals surface area (Å²) in [6.45, 7) is 2.45. The Bertz CT molecular complexity index is 337. The molecule has 1 aliphatic carbocycles. The van der Waals surface area contributed by atoms with Crippen LogP contribution >= 0.6 is 0 Å². The van der Waals surface area contributed by atoms with Crippen LogP contribution in [0.15, 0.2) is 0 Å². The predicted molar refractivity (Wildman–Crippen MR) is 64.1 cm³/mol. The van der Waals surface area contributed by atoms with Gasteiger partial charge >= 0.3 is 0 Å². The normalized spacial score (nSPS) is 27.7. The molecule has 2 fully saturated rings. The Hall–Kier alpha value is -1.10. The smallest absolute Gasteiger partial charge is 0.243 e. The van der Waals surface area contributed by atoms with Crippen molar-refractivity contribution in [2.24, 2.45) is 11.7 Å². The van der Waals surface area contributed by atoms with Crippen LogP contribution in [-0.2, 0) is 9.59 Å². The average molecular weight is 239 g/mol. The van der Waals surface area contributed by atoms with Crippen LogP contribution in [0, 0.1) is 5.92 Å². The molecule has 5 nitrogen and oxygen atoms in total. The number of nitrogens with two attached hydrogens (primary N) is 1. The lowest BCUT2D eigenvalue weighted by molar-refractivity contribution is -0.142. The molecule has 2 rings (SSSR count). The maximum Gasteiger partial charge on any atom is 0.243 e. The first-order chi connectivity index (χ1) is 7.98. The van der Waals surface area contributed by atoms with E-state index in [1.165, 1.54) is 0 Å². The zero-order chi connectivity index (χ0) is 12.6. The van der Waals surface area contributed by atoms with Crippen LogP contribution in [-0.4, -0.2) is 41.9 Å². The van der Waals surface area contributed by atoms with E-state index in [0.29, 0.717) is 12.5 Å². The Morgan fingerprint density at radius 2 is 2.00 bits per heavy atom. The number of amides is 2. The highest BCUT2D eigenvalue weighted by Gasteiger charge is 2.48. The number of hydrogen-bond acceptors (Lipinski definition) is 3. The second-order valence-electron chi connectivity index (χ2n) is 5.33. The Balaban J connectivity index is 2.10. The molecule has 2 unspecified atom stereocenters. The SMILES string of the molecule is CNC(=O)C1CCCN1C(=O)C(C)(N)C1CC1. The van der Waals surface area contributed by atoms with Gasteiger partial charge in [-0.3, -0.25) is 9.59 Å². The second kappa shape index (κ2) is 4.29. The van der Waals surface area contributed by atoms with E-state index >= 15 is 0 Å². The van der Waals surface area contributed by atoms with Crippen LogP contribution < -0.4 is 11.1 Å². The van der Waals surface area contributed by atoms with Gasteiger partial charge in [0.25, 0.3) is 0 Å².